The van der Waals surface area contributed by atoms with Crippen LogP contribution >= 0.6 is 0 Å². The van der Waals surface area contributed by atoms with Gasteiger partial charge in [-0.2, -0.15) is 0 Å². The lowest BCUT2D eigenvalue weighted by atomic mass is 10.0. The number of fused-ring (bicyclic) bond motifs is 6. The van der Waals surface area contributed by atoms with Gasteiger partial charge in [0.15, 0.2) is 0 Å². The van der Waals surface area contributed by atoms with Crippen LogP contribution in [0.4, 0.5) is 0 Å². The molecular weight excluding hydrogens is 617 g/mol. The van der Waals surface area contributed by atoms with Gasteiger partial charge in [-0.15, -0.1) is 0 Å². The predicted octanol–water partition coefficient (Wildman–Crippen LogP) is 10.2. The van der Waals surface area contributed by atoms with E-state index in [0.717, 1.165) is 111 Å². The molecule has 0 saturated carbocycles. The molecule has 4 N–H and O–H groups in total. The number of aromatic amines is 4. The van der Waals surface area contributed by atoms with Crippen LogP contribution in [-0.2, 0) is 0 Å². The van der Waals surface area contributed by atoms with Gasteiger partial charge in [0.1, 0.15) is 0 Å². The van der Waals surface area contributed by atoms with Gasteiger partial charge in [0.05, 0.1) is 44.8 Å². The number of para-hydroxylation sites is 4. The third kappa shape index (κ3) is 3.93. The van der Waals surface area contributed by atoms with E-state index in [1.807, 2.05) is 61.2 Å². The van der Waals surface area contributed by atoms with E-state index in [1.165, 1.54) is 0 Å². The minimum atomic E-state index is 0.750. The van der Waals surface area contributed by atoms with Crippen LogP contribution in [0.3, 0.4) is 0 Å². The van der Waals surface area contributed by atoms with Gasteiger partial charge >= 0.3 is 0 Å². The summed E-state index contributed by atoms with van der Waals surface area (Å²) in [5.41, 5.74) is 14.4. The first-order chi connectivity index (χ1) is 24.8. The lowest BCUT2D eigenvalue weighted by Gasteiger charge is -2.12. The number of benzene rings is 5. The van der Waals surface area contributed by atoms with Crippen molar-refractivity contribution in [3.05, 3.63) is 134 Å². The van der Waals surface area contributed by atoms with Gasteiger partial charge in [0.25, 0.3) is 0 Å². The number of hydrogen-bond acceptors (Lipinski definition) is 4. The standard InChI is InChI=1S/C42H26N8/c1-5-13-31-23(9-1)27(19-43-31)39-40(28-20-44-32-14-6-2-10-24(28)32)48-36-18-38-37(17-35(36)47-39)49-41(29-21-45-33-15-7-3-11-25(29)33)42(50-38)30-22-46-34-16-8-4-12-26(30)34/h1-22,43-46H. The SMILES string of the molecule is c1ccc2c(-c3nc4cc5nc(-c6c[nH]c7ccccc67)c(-c6c[nH]c7ccccc67)nc5cc4nc3-c3c[nH]c4ccccc34)c[nH]c2c1. The Hall–Kier alpha value is -7.06. The molecule has 5 aromatic carbocycles. The quantitative estimate of drug-likeness (QED) is 0.143. The average Bonchev–Trinajstić information content (AvgIpc) is 3.97. The van der Waals surface area contributed by atoms with Crippen molar-refractivity contribution in [3.63, 3.8) is 0 Å². The number of rotatable bonds is 4. The molecule has 0 aliphatic rings. The Labute approximate surface area is 283 Å². The zero-order valence-electron chi connectivity index (χ0n) is 26.5. The fourth-order valence-corrected chi connectivity index (χ4v) is 7.43. The normalized spacial score (nSPS) is 12.0. The molecule has 0 radical (unpaired) electrons. The highest BCUT2D eigenvalue weighted by Gasteiger charge is 2.22. The van der Waals surface area contributed by atoms with E-state index in [1.54, 1.807) is 0 Å². The number of nitrogens with zero attached hydrogens (tertiary/aromatic N) is 4. The fraction of sp³-hybridized carbons (Fsp3) is 0. The highest BCUT2D eigenvalue weighted by Crippen LogP contribution is 2.41. The van der Waals surface area contributed by atoms with E-state index in [0.29, 0.717) is 0 Å². The van der Waals surface area contributed by atoms with Crippen molar-refractivity contribution in [3.8, 4) is 45.0 Å². The molecule has 6 heterocycles. The Morgan fingerprint density at radius 2 is 0.540 bits per heavy atom. The van der Waals surface area contributed by atoms with Gasteiger partial charge in [-0.1, -0.05) is 72.8 Å². The van der Waals surface area contributed by atoms with Crippen LogP contribution in [0.1, 0.15) is 0 Å². The molecule has 0 atom stereocenters. The van der Waals surface area contributed by atoms with Gasteiger partial charge in [0.2, 0.25) is 0 Å². The summed E-state index contributed by atoms with van der Waals surface area (Å²) in [5, 5.41) is 4.36. The molecule has 11 rings (SSSR count). The summed E-state index contributed by atoms with van der Waals surface area (Å²) in [5.74, 6) is 0. The summed E-state index contributed by atoms with van der Waals surface area (Å²) >= 11 is 0. The fourth-order valence-electron chi connectivity index (χ4n) is 7.43. The summed E-state index contributed by atoms with van der Waals surface area (Å²) in [6.07, 6.45) is 8.12. The van der Waals surface area contributed by atoms with Crippen LogP contribution in [0.25, 0.3) is 111 Å². The third-order valence-electron chi connectivity index (χ3n) is 9.83. The van der Waals surface area contributed by atoms with Crippen LogP contribution in [0.15, 0.2) is 134 Å². The van der Waals surface area contributed by atoms with Crippen molar-refractivity contribution in [1.29, 1.82) is 0 Å². The second-order valence-electron chi connectivity index (χ2n) is 12.7. The minimum Gasteiger partial charge on any atom is -0.360 e. The topological polar surface area (TPSA) is 115 Å². The molecule has 0 amide bonds. The Kier molecular flexibility index (Phi) is 5.51. The molecule has 8 heteroatoms. The molecule has 0 saturated heterocycles. The van der Waals surface area contributed by atoms with Crippen molar-refractivity contribution in [1.82, 2.24) is 39.9 Å². The van der Waals surface area contributed by atoms with Gasteiger partial charge in [0, 0.05) is 90.7 Å². The second-order valence-corrected chi connectivity index (χ2v) is 12.7. The Bertz CT molecular complexity index is 2700. The molecule has 0 unspecified atom stereocenters. The first-order valence-electron chi connectivity index (χ1n) is 16.6. The summed E-state index contributed by atoms with van der Waals surface area (Å²) in [6, 6.07) is 37.2. The average molecular weight is 643 g/mol. The highest BCUT2D eigenvalue weighted by atomic mass is 14.9. The van der Waals surface area contributed by atoms with Crippen molar-refractivity contribution in [2.75, 3.05) is 0 Å². The van der Waals surface area contributed by atoms with E-state index in [-0.39, 0.29) is 0 Å². The maximum atomic E-state index is 5.36. The molecule has 50 heavy (non-hydrogen) atoms. The number of H-pyrrole nitrogens is 4. The third-order valence-corrected chi connectivity index (χ3v) is 9.83. The van der Waals surface area contributed by atoms with Gasteiger partial charge in [-0.25, -0.2) is 19.9 Å². The highest BCUT2D eigenvalue weighted by molar-refractivity contribution is 6.07. The van der Waals surface area contributed by atoms with Crippen LogP contribution in [-0.4, -0.2) is 39.9 Å². The maximum absolute atomic E-state index is 5.36. The van der Waals surface area contributed by atoms with E-state index < -0.39 is 0 Å². The van der Waals surface area contributed by atoms with E-state index in [9.17, 15) is 0 Å². The van der Waals surface area contributed by atoms with Crippen molar-refractivity contribution in [2.45, 2.75) is 0 Å². The monoisotopic (exact) mass is 642 g/mol. The predicted molar refractivity (Wildman–Crippen MR) is 202 cm³/mol. The summed E-state index contributed by atoms with van der Waals surface area (Å²) in [7, 11) is 0. The van der Waals surface area contributed by atoms with Crippen LogP contribution < -0.4 is 0 Å². The Morgan fingerprint density at radius 3 is 0.800 bits per heavy atom. The molecule has 0 aliphatic heterocycles. The summed E-state index contributed by atoms with van der Waals surface area (Å²) in [6.45, 7) is 0. The molecule has 234 valence electrons. The number of aromatic nitrogens is 8. The molecule has 0 fully saturated rings. The summed E-state index contributed by atoms with van der Waals surface area (Å²) < 4.78 is 0. The maximum Gasteiger partial charge on any atom is 0.0995 e. The van der Waals surface area contributed by atoms with Crippen molar-refractivity contribution >= 4 is 65.7 Å². The largest absolute Gasteiger partial charge is 0.360 e. The minimum absolute atomic E-state index is 0.750. The lowest BCUT2D eigenvalue weighted by molar-refractivity contribution is 1.27. The molecule has 6 aromatic heterocycles. The van der Waals surface area contributed by atoms with Gasteiger partial charge < -0.3 is 19.9 Å². The number of hydrogen-bond donors (Lipinski definition) is 4. The zero-order valence-corrected chi connectivity index (χ0v) is 26.5. The smallest absolute Gasteiger partial charge is 0.0995 e. The molecular formula is C42H26N8. The summed E-state index contributed by atoms with van der Waals surface area (Å²) in [4.78, 5) is 35.2. The Morgan fingerprint density at radius 1 is 0.300 bits per heavy atom. The van der Waals surface area contributed by atoms with Crippen LogP contribution in [0.2, 0.25) is 0 Å². The van der Waals surface area contributed by atoms with E-state index >= 15 is 0 Å². The zero-order chi connectivity index (χ0) is 32.8. The molecule has 0 spiro atoms. The van der Waals surface area contributed by atoms with Crippen LogP contribution in [0, 0.1) is 0 Å². The second kappa shape index (κ2) is 10.2. The van der Waals surface area contributed by atoms with E-state index in [4.69, 9.17) is 19.9 Å². The number of nitrogens with one attached hydrogen (secondary N) is 4. The lowest BCUT2D eigenvalue weighted by Crippen LogP contribution is -1.98. The Balaban J connectivity index is 1.21. The first-order valence-corrected chi connectivity index (χ1v) is 16.6. The first kappa shape index (κ1) is 26.9. The molecule has 8 nitrogen and oxygen atoms in total. The molecule has 0 aliphatic carbocycles. The molecule has 11 aromatic rings. The van der Waals surface area contributed by atoms with Gasteiger partial charge in [-0.3, -0.25) is 0 Å². The van der Waals surface area contributed by atoms with Gasteiger partial charge in [-0.05, 0) is 36.4 Å². The van der Waals surface area contributed by atoms with Crippen LogP contribution in [0.5, 0.6) is 0 Å². The van der Waals surface area contributed by atoms with Crippen molar-refractivity contribution < 1.29 is 0 Å². The van der Waals surface area contributed by atoms with E-state index in [2.05, 4.69) is 92.7 Å². The van der Waals surface area contributed by atoms with Crippen molar-refractivity contribution in [2.24, 2.45) is 0 Å². The molecule has 0 bridgehead atoms.